The van der Waals surface area contributed by atoms with Crippen LogP contribution in [0.4, 0.5) is 0 Å². The zero-order chi connectivity index (χ0) is 12.7. The molecule has 1 rings (SSSR count). The molecule has 0 heterocycles. The smallest absolute Gasteiger partial charge is 0.185 e. The van der Waals surface area contributed by atoms with Crippen molar-refractivity contribution in [3.8, 4) is 0 Å². The lowest BCUT2D eigenvalue weighted by molar-refractivity contribution is 0.224. The van der Waals surface area contributed by atoms with Crippen LogP contribution in [-0.2, 0) is 0 Å². The predicted molar refractivity (Wildman–Crippen MR) is 72.8 cm³/mol. The van der Waals surface area contributed by atoms with Gasteiger partial charge in [0.1, 0.15) is 0 Å². The molecule has 0 aromatic heterocycles. The molecule has 4 nitrogen and oxygen atoms in total. The van der Waals surface area contributed by atoms with Crippen molar-refractivity contribution >= 4 is 5.96 Å². The highest BCUT2D eigenvalue weighted by molar-refractivity contribution is 5.75. The fraction of sp³-hybridized carbons (Fsp3) is 0.462. The highest BCUT2D eigenvalue weighted by atomic mass is 15.2. The number of hydrogen-bond acceptors (Lipinski definition) is 2. The summed E-state index contributed by atoms with van der Waals surface area (Å²) in [4.78, 5) is 6.50. The van der Waals surface area contributed by atoms with E-state index in [4.69, 9.17) is 11.5 Å². The van der Waals surface area contributed by atoms with Gasteiger partial charge < -0.3 is 11.5 Å². The van der Waals surface area contributed by atoms with Crippen molar-refractivity contribution in [3.63, 3.8) is 0 Å². The molecule has 0 amide bonds. The molecule has 0 aliphatic carbocycles. The highest BCUT2D eigenvalue weighted by Crippen LogP contribution is 2.20. The van der Waals surface area contributed by atoms with Crippen LogP contribution in [0.25, 0.3) is 0 Å². The highest BCUT2D eigenvalue weighted by Gasteiger charge is 2.16. The number of hydrogen-bond donors (Lipinski definition) is 2. The van der Waals surface area contributed by atoms with Gasteiger partial charge in [0, 0.05) is 0 Å². The zero-order valence-corrected chi connectivity index (χ0v) is 10.6. The van der Waals surface area contributed by atoms with E-state index >= 15 is 0 Å². The van der Waals surface area contributed by atoms with Gasteiger partial charge in [0.25, 0.3) is 0 Å². The number of nitrogens with zero attached hydrogens (tertiary/aromatic N) is 2. The summed E-state index contributed by atoms with van der Waals surface area (Å²) in [6, 6.07) is 10.6. The van der Waals surface area contributed by atoms with Gasteiger partial charge in [-0.3, -0.25) is 9.89 Å². The van der Waals surface area contributed by atoms with Crippen molar-refractivity contribution in [1.29, 1.82) is 0 Å². The number of nitrogens with two attached hydrogens (primary N) is 2. The maximum atomic E-state index is 5.41. The molecule has 0 saturated carbocycles. The van der Waals surface area contributed by atoms with E-state index in [0.29, 0.717) is 6.54 Å². The van der Waals surface area contributed by atoms with Crippen molar-refractivity contribution in [2.75, 3.05) is 19.6 Å². The lowest BCUT2D eigenvalue weighted by atomic mass is 10.1. The second kappa shape index (κ2) is 6.91. The normalized spacial score (nSPS) is 12.4. The Morgan fingerprint density at radius 2 is 1.76 bits per heavy atom. The van der Waals surface area contributed by atoms with Gasteiger partial charge in [-0.05, 0) is 18.7 Å². The van der Waals surface area contributed by atoms with Crippen LogP contribution in [0.3, 0.4) is 0 Å². The van der Waals surface area contributed by atoms with Crippen LogP contribution >= 0.6 is 0 Å². The summed E-state index contributed by atoms with van der Waals surface area (Å²) in [5.41, 5.74) is 12.1. The van der Waals surface area contributed by atoms with Crippen molar-refractivity contribution < 1.29 is 0 Å². The third-order valence-electron chi connectivity index (χ3n) is 2.88. The first-order valence-corrected chi connectivity index (χ1v) is 6.03. The lowest BCUT2D eigenvalue weighted by Gasteiger charge is -2.28. The quantitative estimate of drug-likeness (QED) is 0.576. The molecule has 1 aromatic carbocycles. The Labute approximate surface area is 103 Å². The monoisotopic (exact) mass is 234 g/mol. The van der Waals surface area contributed by atoms with Gasteiger partial charge in [0.05, 0.1) is 12.6 Å². The summed E-state index contributed by atoms with van der Waals surface area (Å²) in [7, 11) is 0. The number of aliphatic imine (C=N–C) groups is 1. The molecule has 0 fully saturated rings. The zero-order valence-electron chi connectivity index (χ0n) is 10.6. The van der Waals surface area contributed by atoms with Crippen LogP contribution < -0.4 is 11.5 Å². The SMILES string of the molecule is CCN(CC)C(CN=C(N)N)c1ccccc1. The third kappa shape index (κ3) is 4.07. The Balaban J connectivity index is 2.89. The van der Waals surface area contributed by atoms with E-state index in [9.17, 15) is 0 Å². The molecule has 1 unspecified atom stereocenters. The van der Waals surface area contributed by atoms with E-state index in [-0.39, 0.29) is 12.0 Å². The molecule has 4 heteroatoms. The molecule has 0 bridgehead atoms. The first kappa shape index (κ1) is 13.5. The van der Waals surface area contributed by atoms with E-state index in [0.717, 1.165) is 13.1 Å². The molecule has 0 aliphatic heterocycles. The van der Waals surface area contributed by atoms with E-state index in [1.54, 1.807) is 0 Å². The Morgan fingerprint density at radius 1 is 1.18 bits per heavy atom. The first-order chi connectivity index (χ1) is 8.19. The van der Waals surface area contributed by atoms with Crippen LogP contribution in [0.5, 0.6) is 0 Å². The molecule has 0 saturated heterocycles. The van der Waals surface area contributed by atoms with Gasteiger partial charge >= 0.3 is 0 Å². The van der Waals surface area contributed by atoms with Crippen LogP contribution in [0.2, 0.25) is 0 Å². The van der Waals surface area contributed by atoms with Gasteiger partial charge in [0.2, 0.25) is 0 Å². The largest absolute Gasteiger partial charge is 0.370 e. The minimum Gasteiger partial charge on any atom is -0.370 e. The van der Waals surface area contributed by atoms with Gasteiger partial charge in [-0.1, -0.05) is 44.2 Å². The molecular weight excluding hydrogens is 212 g/mol. The van der Waals surface area contributed by atoms with Crippen LogP contribution in [0.1, 0.15) is 25.5 Å². The summed E-state index contributed by atoms with van der Waals surface area (Å²) in [5, 5.41) is 0. The Hall–Kier alpha value is -1.55. The minimum absolute atomic E-state index is 0.151. The minimum atomic E-state index is 0.151. The first-order valence-electron chi connectivity index (χ1n) is 6.03. The van der Waals surface area contributed by atoms with Gasteiger partial charge in [0.15, 0.2) is 5.96 Å². The molecule has 1 atom stereocenters. The molecule has 0 aliphatic rings. The summed E-state index contributed by atoms with van der Waals surface area (Å²) in [5.74, 6) is 0.151. The average Bonchev–Trinajstić information content (AvgIpc) is 2.35. The van der Waals surface area contributed by atoms with E-state index in [1.807, 2.05) is 18.2 Å². The van der Waals surface area contributed by atoms with Gasteiger partial charge in [-0.15, -0.1) is 0 Å². The second-order valence-electron chi connectivity index (χ2n) is 3.91. The summed E-state index contributed by atoms with van der Waals surface area (Å²) < 4.78 is 0. The number of rotatable bonds is 6. The standard InChI is InChI=1S/C13H22N4/c1-3-17(4-2)12(10-16-13(14)15)11-8-6-5-7-9-11/h5-9,12H,3-4,10H2,1-2H3,(H4,14,15,16). The van der Waals surface area contributed by atoms with Crippen LogP contribution in [-0.4, -0.2) is 30.5 Å². The molecule has 1 aromatic rings. The molecule has 94 valence electrons. The molecule has 0 spiro atoms. The van der Waals surface area contributed by atoms with Crippen molar-refractivity contribution in [1.82, 2.24) is 4.90 Å². The second-order valence-corrected chi connectivity index (χ2v) is 3.91. The topological polar surface area (TPSA) is 67.6 Å². The van der Waals surface area contributed by atoms with Gasteiger partial charge in [-0.25, -0.2) is 0 Å². The lowest BCUT2D eigenvalue weighted by Crippen LogP contribution is -2.32. The van der Waals surface area contributed by atoms with Crippen LogP contribution in [0.15, 0.2) is 35.3 Å². The predicted octanol–water partition coefficient (Wildman–Crippen LogP) is 1.34. The summed E-state index contributed by atoms with van der Waals surface area (Å²) >= 11 is 0. The summed E-state index contributed by atoms with van der Waals surface area (Å²) in [6.45, 7) is 6.87. The molecule has 4 N–H and O–H groups in total. The van der Waals surface area contributed by atoms with E-state index in [1.165, 1.54) is 5.56 Å². The molecular formula is C13H22N4. The third-order valence-corrected chi connectivity index (χ3v) is 2.88. The Bertz CT molecular complexity index is 340. The molecule has 17 heavy (non-hydrogen) atoms. The van der Waals surface area contributed by atoms with Crippen molar-refractivity contribution in [2.24, 2.45) is 16.5 Å². The fourth-order valence-electron chi connectivity index (χ4n) is 1.96. The van der Waals surface area contributed by atoms with E-state index in [2.05, 4.69) is 35.9 Å². The maximum absolute atomic E-state index is 5.41. The van der Waals surface area contributed by atoms with Crippen molar-refractivity contribution in [2.45, 2.75) is 19.9 Å². The summed E-state index contributed by atoms with van der Waals surface area (Å²) in [6.07, 6.45) is 0. The maximum Gasteiger partial charge on any atom is 0.185 e. The van der Waals surface area contributed by atoms with Crippen molar-refractivity contribution in [3.05, 3.63) is 35.9 Å². The average molecular weight is 234 g/mol. The Morgan fingerprint density at radius 3 is 2.24 bits per heavy atom. The van der Waals surface area contributed by atoms with Crippen LogP contribution in [0, 0.1) is 0 Å². The fourth-order valence-corrected chi connectivity index (χ4v) is 1.96. The number of benzene rings is 1. The van der Waals surface area contributed by atoms with E-state index < -0.39 is 0 Å². The molecule has 0 radical (unpaired) electrons. The number of guanidine groups is 1. The number of likely N-dealkylation sites (N-methyl/N-ethyl adjacent to an activating group) is 1. The Kier molecular flexibility index (Phi) is 5.49. The van der Waals surface area contributed by atoms with Gasteiger partial charge in [-0.2, -0.15) is 0 Å².